The van der Waals surface area contributed by atoms with Gasteiger partial charge in [0.2, 0.25) is 11.6 Å². The lowest BCUT2D eigenvalue weighted by molar-refractivity contribution is 0.0962. The molecule has 9 heteroatoms. The van der Waals surface area contributed by atoms with Gasteiger partial charge in [0.25, 0.3) is 5.91 Å². The van der Waals surface area contributed by atoms with Crippen molar-refractivity contribution in [1.29, 1.82) is 0 Å². The van der Waals surface area contributed by atoms with Gasteiger partial charge in [0.1, 0.15) is 0 Å². The van der Waals surface area contributed by atoms with Gasteiger partial charge in [-0.25, -0.2) is 4.63 Å². The number of rotatable bonds is 3. The summed E-state index contributed by atoms with van der Waals surface area (Å²) in [6.45, 7) is 0. The summed E-state index contributed by atoms with van der Waals surface area (Å²) in [5.41, 5.74) is 11.6. The van der Waals surface area contributed by atoms with E-state index in [0.717, 1.165) is 0 Å². The van der Waals surface area contributed by atoms with Crippen molar-refractivity contribution in [2.75, 3.05) is 11.2 Å². The smallest absolute Gasteiger partial charge is 0.269 e. The molecule has 4 N–H and O–H groups in total. The molecule has 0 bridgehead atoms. The Morgan fingerprint density at radius 1 is 1.15 bits per heavy atom. The molecule has 9 nitrogen and oxygen atoms in total. The zero-order valence-electron chi connectivity index (χ0n) is 10.1. The number of benzene rings is 1. The summed E-state index contributed by atoms with van der Waals surface area (Å²) in [6, 6.07) is 8.70. The number of carbonyl (C=O) groups excluding carboxylic acids is 1. The van der Waals surface area contributed by atoms with Crippen molar-refractivity contribution in [2.45, 2.75) is 0 Å². The standard InChI is InChI=1S/C11H9N7O2/c12-11-13-8(7-9(14-11)18-20-17-7)15-16-10(19)6-4-2-1-3-5-6/h1-5H,(H,16,19)(H3,12,13,14,15,18). The van der Waals surface area contributed by atoms with Crippen molar-refractivity contribution in [3.05, 3.63) is 35.9 Å². The number of anilines is 2. The number of hydrogen-bond donors (Lipinski definition) is 3. The fourth-order valence-electron chi connectivity index (χ4n) is 1.57. The van der Waals surface area contributed by atoms with Crippen LogP contribution in [-0.2, 0) is 0 Å². The zero-order chi connectivity index (χ0) is 13.9. The topological polar surface area (TPSA) is 132 Å². The number of nitrogen functional groups attached to an aromatic ring is 1. The number of amides is 1. The van der Waals surface area contributed by atoms with Crippen LogP contribution in [0.25, 0.3) is 11.2 Å². The number of nitrogens with two attached hydrogens (primary N) is 1. The van der Waals surface area contributed by atoms with Crippen molar-refractivity contribution < 1.29 is 9.42 Å². The van der Waals surface area contributed by atoms with Crippen LogP contribution in [0.15, 0.2) is 35.0 Å². The number of fused-ring (bicyclic) bond motifs is 1. The van der Waals surface area contributed by atoms with Gasteiger partial charge in [-0.05, 0) is 22.4 Å². The maximum atomic E-state index is 11.9. The summed E-state index contributed by atoms with van der Waals surface area (Å²) < 4.78 is 4.54. The SMILES string of the molecule is Nc1nc(NNC(=O)c2ccccc2)c2nonc2n1. The minimum atomic E-state index is -0.326. The molecule has 0 radical (unpaired) electrons. The Labute approximate surface area is 112 Å². The molecule has 2 heterocycles. The van der Waals surface area contributed by atoms with Gasteiger partial charge in [-0.15, -0.1) is 0 Å². The highest BCUT2D eigenvalue weighted by atomic mass is 16.6. The second kappa shape index (κ2) is 4.80. The third kappa shape index (κ3) is 2.19. The second-order valence-electron chi connectivity index (χ2n) is 3.81. The third-order valence-corrected chi connectivity index (χ3v) is 2.47. The van der Waals surface area contributed by atoms with Crippen LogP contribution in [0.2, 0.25) is 0 Å². The molecule has 2 aromatic heterocycles. The fourth-order valence-corrected chi connectivity index (χ4v) is 1.57. The predicted octanol–water partition coefficient (Wildman–Crippen LogP) is 0.352. The summed E-state index contributed by atoms with van der Waals surface area (Å²) in [4.78, 5) is 19.6. The number of carbonyl (C=O) groups is 1. The van der Waals surface area contributed by atoms with Gasteiger partial charge in [-0.3, -0.25) is 15.6 Å². The molecule has 0 fully saturated rings. The minimum absolute atomic E-state index is 0.00957. The molecule has 1 aromatic carbocycles. The lowest BCUT2D eigenvalue weighted by atomic mass is 10.2. The Morgan fingerprint density at radius 2 is 1.95 bits per heavy atom. The van der Waals surface area contributed by atoms with Gasteiger partial charge < -0.3 is 5.73 Å². The highest BCUT2D eigenvalue weighted by Gasteiger charge is 2.12. The second-order valence-corrected chi connectivity index (χ2v) is 3.81. The summed E-state index contributed by atoms with van der Waals surface area (Å²) in [5.74, 6) is -0.130. The first-order valence-electron chi connectivity index (χ1n) is 5.61. The molecular formula is C11H9N7O2. The van der Waals surface area contributed by atoms with Crippen molar-refractivity contribution in [2.24, 2.45) is 0 Å². The van der Waals surface area contributed by atoms with Gasteiger partial charge in [-0.1, -0.05) is 18.2 Å². The van der Waals surface area contributed by atoms with Crippen LogP contribution in [0.1, 0.15) is 10.4 Å². The van der Waals surface area contributed by atoms with Crippen LogP contribution < -0.4 is 16.6 Å². The Kier molecular flexibility index (Phi) is 2.84. The zero-order valence-corrected chi connectivity index (χ0v) is 10.1. The number of hydrogen-bond acceptors (Lipinski definition) is 8. The first-order valence-corrected chi connectivity index (χ1v) is 5.61. The van der Waals surface area contributed by atoms with Gasteiger partial charge in [0.15, 0.2) is 11.3 Å². The van der Waals surface area contributed by atoms with Crippen LogP contribution in [0.3, 0.4) is 0 Å². The molecule has 3 aromatic rings. The van der Waals surface area contributed by atoms with E-state index in [1.807, 2.05) is 6.07 Å². The van der Waals surface area contributed by atoms with E-state index in [4.69, 9.17) is 5.73 Å². The number of aromatic nitrogens is 4. The number of nitrogens with zero attached hydrogens (tertiary/aromatic N) is 4. The quantitative estimate of drug-likeness (QED) is 0.581. The molecule has 0 atom stereocenters. The van der Waals surface area contributed by atoms with Crippen molar-refractivity contribution in [3.8, 4) is 0 Å². The fraction of sp³-hybridized carbons (Fsp3) is 0. The number of hydrazine groups is 1. The largest absolute Gasteiger partial charge is 0.368 e. The first-order chi connectivity index (χ1) is 9.74. The van der Waals surface area contributed by atoms with Gasteiger partial charge >= 0.3 is 0 Å². The molecule has 20 heavy (non-hydrogen) atoms. The van der Waals surface area contributed by atoms with Crippen LogP contribution >= 0.6 is 0 Å². The number of nitrogens with one attached hydrogen (secondary N) is 2. The van der Waals surface area contributed by atoms with E-state index < -0.39 is 0 Å². The van der Waals surface area contributed by atoms with E-state index in [-0.39, 0.29) is 28.8 Å². The van der Waals surface area contributed by atoms with Crippen LogP contribution in [0, 0.1) is 0 Å². The molecule has 0 aliphatic rings. The van der Waals surface area contributed by atoms with Crippen molar-refractivity contribution >= 4 is 28.8 Å². The molecule has 0 unspecified atom stereocenters. The highest BCUT2D eigenvalue weighted by Crippen LogP contribution is 2.16. The Bertz CT molecular complexity index is 756. The van der Waals surface area contributed by atoms with E-state index in [9.17, 15) is 4.79 Å². The Balaban J connectivity index is 1.80. The summed E-state index contributed by atoms with van der Waals surface area (Å²) in [7, 11) is 0. The molecule has 0 saturated heterocycles. The lowest BCUT2D eigenvalue weighted by Crippen LogP contribution is -2.30. The molecule has 3 rings (SSSR count). The summed E-state index contributed by atoms with van der Waals surface area (Å²) >= 11 is 0. The van der Waals surface area contributed by atoms with Gasteiger partial charge in [0, 0.05) is 5.56 Å². The molecule has 0 aliphatic heterocycles. The molecule has 0 saturated carbocycles. The average Bonchev–Trinajstić information content (AvgIpc) is 2.93. The molecule has 0 aliphatic carbocycles. The Morgan fingerprint density at radius 3 is 2.75 bits per heavy atom. The first kappa shape index (κ1) is 11.8. The van der Waals surface area contributed by atoms with E-state index in [2.05, 4.69) is 35.8 Å². The van der Waals surface area contributed by atoms with Gasteiger partial charge in [-0.2, -0.15) is 9.97 Å². The summed E-state index contributed by atoms with van der Waals surface area (Å²) in [5, 5.41) is 7.19. The van der Waals surface area contributed by atoms with Crippen LogP contribution in [0.4, 0.5) is 11.8 Å². The molecule has 0 spiro atoms. The van der Waals surface area contributed by atoms with Crippen molar-refractivity contribution in [3.63, 3.8) is 0 Å². The lowest BCUT2D eigenvalue weighted by Gasteiger charge is -2.07. The van der Waals surface area contributed by atoms with Crippen molar-refractivity contribution in [1.82, 2.24) is 25.7 Å². The molecule has 100 valence electrons. The highest BCUT2D eigenvalue weighted by molar-refractivity contribution is 5.95. The van der Waals surface area contributed by atoms with E-state index in [1.54, 1.807) is 24.3 Å². The Hall–Kier alpha value is -3.23. The maximum absolute atomic E-state index is 11.9. The normalized spacial score (nSPS) is 10.4. The minimum Gasteiger partial charge on any atom is -0.368 e. The molecular weight excluding hydrogens is 262 g/mol. The maximum Gasteiger partial charge on any atom is 0.269 e. The van der Waals surface area contributed by atoms with Crippen LogP contribution in [-0.4, -0.2) is 26.2 Å². The monoisotopic (exact) mass is 271 g/mol. The summed E-state index contributed by atoms with van der Waals surface area (Å²) in [6.07, 6.45) is 0. The third-order valence-electron chi connectivity index (χ3n) is 2.47. The van der Waals surface area contributed by atoms with E-state index in [1.165, 1.54) is 0 Å². The van der Waals surface area contributed by atoms with E-state index >= 15 is 0 Å². The van der Waals surface area contributed by atoms with E-state index in [0.29, 0.717) is 5.56 Å². The molecule has 1 amide bonds. The average molecular weight is 271 g/mol. The van der Waals surface area contributed by atoms with Crippen LogP contribution in [0.5, 0.6) is 0 Å². The predicted molar refractivity (Wildman–Crippen MR) is 69.3 cm³/mol. The van der Waals surface area contributed by atoms with Gasteiger partial charge in [0.05, 0.1) is 0 Å².